The molecule has 100 valence electrons. The third kappa shape index (κ3) is 2.40. The van der Waals surface area contributed by atoms with Gasteiger partial charge in [-0.25, -0.2) is 13.8 Å². The molecule has 1 aromatic heterocycles. The van der Waals surface area contributed by atoms with Crippen molar-refractivity contribution in [1.29, 1.82) is 0 Å². The lowest BCUT2D eigenvalue weighted by Gasteiger charge is -2.12. The molecule has 2 nitrogen and oxygen atoms in total. The van der Waals surface area contributed by atoms with Crippen LogP contribution in [0.2, 0.25) is 5.15 Å². The van der Waals surface area contributed by atoms with E-state index in [9.17, 15) is 13.9 Å². The van der Waals surface area contributed by atoms with Crippen LogP contribution in [0, 0.1) is 11.6 Å². The van der Waals surface area contributed by atoms with Crippen molar-refractivity contribution in [3.63, 3.8) is 0 Å². The number of rotatable bonds is 2. The first-order chi connectivity index (χ1) is 8.93. The zero-order valence-corrected chi connectivity index (χ0v) is 11.2. The van der Waals surface area contributed by atoms with Gasteiger partial charge in [-0.05, 0) is 17.5 Å². The number of phenols is 1. The number of nitrogens with zero attached hydrogens (tertiary/aromatic N) is 1. The van der Waals surface area contributed by atoms with Crippen molar-refractivity contribution in [2.45, 2.75) is 19.8 Å². The first kappa shape index (κ1) is 13.7. The molecule has 2 aromatic rings. The monoisotopic (exact) mass is 283 g/mol. The summed E-state index contributed by atoms with van der Waals surface area (Å²) >= 11 is 5.58. The van der Waals surface area contributed by atoms with Crippen LogP contribution in [-0.2, 0) is 0 Å². The van der Waals surface area contributed by atoms with E-state index in [1.54, 1.807) is 13.8 Å². The van der Waals surface area contributed by atoms with E-state index in [-0.39, 0.29) is 22.2 Å². The van der Waals surface area contributed by atoms with Crippen LogP contribution < -0.4 is 0 Å². The molecule has 1 aromatic carbocycles. The predicted molar refractivity (Wildman–Crippen MR) is 70.4 cm³/mol. The maximum atomic E-state index is 14.0. The summed E-state index contributed by atoms with van der Waals surface area (Å²) in [5, 5.41) is 9.58. The Labute approximate surface area is 114 Å². The van der Waals surface area contributed by atoms with Crippen LogP contribution >= 0.6 is 11.6 Å². The average molecular weight is 284 g/mol. The summed E-state index contributed by atoms with van der Waals surface area (Å²) in [5.41, 5.74) is 0.456. The molecule has 0 fully saturated rings. The molecule has 0 aliphatic carbocycles. The summed E-state index contributed by atoms with van der Waals surface area (Å²) in [5.74, 6) is -2.17. The second-order valence-electron chi connectivity index (χ2n) is 4.48. The largest absolute Gasteiger partial charge is 0.504 e. The molecule has 1 N–H and O–H groups in total. The zero-order valence-electron chi connectivity index (χ0n) is 10.4. The normalized spacial score (nSPS) is 11.1. The van der Waals surface area contributed by atoms with Crippen LogP contribution in [0.4, 0.5) is 8.78 Å². The minimum Gasteiger partial charge on any atom is -0.504 e. The van der Waals surface area contributed by atoms with Gasteiger partial charge in [0.15, 0.2) is 22.5 Å². The molecule has 0 saturated carbocycles. The highest BCUT2D eigenvalue weighted by atomic mass is 35.5. The Bertz CT molecular complexity index is 629. The number of hydrogen-bond acceptors (Lipinski definition) is 2. The van der Waals surface area contributed by atoms with Gasteiger partial charge in [0, 0.05) is 17.3 Å². The SMILES string of the molecule is CC(C)c1ccc(-c2ccnc(Cl)c2F)c(O)c1F. The minimum absolute atomic E-state index is 0.0201. The fourth-order valence-corrected chi connectivity index (χ4v) is 2.03. The van der Waals surface area contributed by atoms with E-state index in [1.165, 1.54) is 24.4 Å². The molecule has 0 aliphatic heterocycles. The summed E-state index contributed by atoms with van der Waals surface area (Å²) in [6, 6.07) is 4.34. The maximum Gasteiger partial charge on any atom is 0.168 e. The average Bonchev–Trinajstić information content (AvgIpc) is 2.36. The summed E-state index contributed by atoms with van der Waals surface area (Å²) in [7, 11) is 0. The van der Waals surface area contributed by atoms with Crippen LogP contribution in [0.15, 0.2) is 24.4 Å². The van der Waals surface area contributed by atoms with E-state index in [0.717, 1.165) is 0 Å². The van der Waals surface area contributed by atoms with Crippen LogP contribution in [0.5, 0.6) is 5.75 Å². The highest BCUT2D eigenvalue weighted by molar-refractivity contribution is 6.29. The van der Waals surface area contributed by atoms with Gasteiger partial charge in [-0.3, -0.25) is 0 Å². The smallest absolute Gasteiger partial charge is 0.168 e. The first-order valence-corrected chi connectivity index (χ1v) is 6.13. The van der Waals surface area contributed by atoms with Crippen molar-refractivity contribution in [3.8, 4) is 16.9 Å². The lowest BCUT2D eigenvalue weighted by molar-refractivity contribution is 0.428. The van der Waals surface area contributed by atoms with Gasteiger partial charge in [-0.2, -0.15) is 0 Å². The van der Waals surface area contributed by atoms with E-state index in [4.69, 9.17) is 11.6 Å². The highest BCUT2D eigenvalue weighted by Crippen LogP contribution is 2.37. The molecular formula is C14H12ClF2NO. The van der Waals surface area contributed by atoms with Gasteiger partial charge in [-0.15, -0.1) is 0 Å². The number of phenolic OH excluding ortho intramolecular Hbond substituents is 1. The Kier molecular flexibility index (Phi) is 3.71. The lowest BCUT2D eigenvalue weighted by Crippen LogP contribution is -1.96. The molecule has 0 amide bonds. The Morgan fingerprint density at radius 3 is 2.42 bits per heavy atom. The molecule has 19 heavy (non-hydrogen) atoms. The lowest BCUT2D eigenvalue weighted by atomic mass is 9.97. The molecule has 0 unspecified atom stereocenters. The maximum absolute atomic E-state index is 14.0. The van der Waals surface area contributed by atoms with Gasteiger partial charge >= 0.3 is 0 Å². The number of aromatic hydroxyl groups is 1. The van der Waals surface area contributed by atoms with E-state index in [2.05, 4.69) is 4.98 Å². The Balaban J connectivity index is 2.65. The molecular weight excluding hydrogens is 272 g/mol. The van der Waals surface area contributed by atoms with Gasteiger partial charge in [0.2, 0.25) is 0 Å². The number of aromatic nitrogens is 1. The fraction of sp³-hybridized carbons (Fsp3) is 0.214. The molecule has 5 heteroatoms. The van der Waals surface area contributed by atoms with E-state index < -0.39 is 17.4 Å². The molecule has 0 saturated heterocycles. The Morgan fingerprint density at radius 2 is 1.79 bits per heavy atom. The molecule has 0 bridgehead atoms. The minimum atomic E-state index is -0.781. The van der Waals surface area contributed by atoms with Crippen LogP contribution in [0.25, 0.3) is 11.1 Å². The number of hydrogen-bond donors (Lipinski definition) is 1. The molecule has 0 spiro atoms. The second kappa shape index (κ2) is 5.13. The van der Waals surface area contributed by atoms with Gasteiger partial charge in [0.05, 0.1) is 0 Å². The van der Waals surface area contributed by atoms with Gasteiger partial charge in [0.25, 0.3) is 0 Å². The number of halogens is 3. The van der Waals surface area contributed by atoms with Gasteiger partial charge in [0.1, 0.15) is 0 Å². The van der Waals surface area contributed by atoms with Crippen LogP contribution in [-0.4, -0.2) is 10.1 Å². The van der Waals surface area contributed by atoms with Crippen molar-refractivity contribution in [3.05, 3.63) is 46.7 Å². The van der Waals surface area contributed by atoms with Crippen molar-refractivity contribution in [2.75, 3.05) is 0 Å². The third-order valence-electron chi connectivity index (χ3n) is 2.90. The number of pyridine rings is 1. The fourth-order valence-electron chi connectivity index (χ4n) is 1.87. The quantitative estimate of drug-likeness (QED) is 0.823. The Hall–Kier alpha value is -1.68. The Morgan fingerprint density at radius 1 is 1.11 bits per heavy atom. The van der Waals surface area contributed by atoms with Crippen molar-refractivity contribution in [2.24, 2.45) is 0 Å². The van der Waals surface area contributed by atoms with E-state index >= 15 is 0 Å². The van der Waals surface area contributed by atoms with Gasteiger partial charge < -0.3 is 5.11 Å². The molecule has 2 rings (SSSR count). The molecule has 1 heterocycles. The summed E-state index contributed by atoms with van der Waals surface area (Å²) in [6.07, 6.45) is 1.30. The standard InChI is InChI=1S/C14H12ClF2NO/c1-7(2)8-3-4-10(13(19)11(8)16)9-5-6-18-14(15)12(9)17/h3-7,19H,1-2H3. The topological polar surface area (TPSA) is 33.1 Å². The number of benzene rings is 1. The first-order valence-electron chi connectivity index (χ1n) is 5.75. The highest BCUT2D eigenvalue weighted by Gasteiger charge is 2.19. The zero-order chi connectivity index (χ0) is 14.2. The summed E-state index contributed by atoms with van der Waals surface area (Å²) < 4.78 is 27.8. The summed E-state index contributed by atoms with van der Waals surface area (Å²) in [4.78, 5) is 3.58. The predicted octanol–water partition coefficient (Wildman–Crippen LogP) is 4.51. The molecule has 0 atom stereocenters. The van der Waals surface area contributed by atoms with Crippen molar-refractivity contribution in [1.82, 2.24) is 4.98 Å². The van der Waals surface area contributed by atoms with E-state index in [1.807, 2.05) is 0 Å². The molecule has 0 radical (unpaired) electrons. The second-order valence-corrected chi connectivity index (χ2v) is 4.84. The summed E-state index contributed by atoms with van der Waals surface area (Å²) in [6.45, 7) is 3.61. The van der Waals surface area contributed by atoms with Gasteiger partial charge in [-0.1, -0.05) is 37.6 Å². The molecule has 0 aliphatic rings. The van der Waals surface area contributed by atoms with Crippen molar-refractivity contribution < 1.29 is 13.9 Å². The van der Waals surface area contributed by atoms with Crippen LogP contribution in [0.1, 0.15) is 25.3 Å². The van der Waals surface area contributed by atoms with E-state index in [0.29, 0.717) is 5.56 Å². The van der Waals surface area contributed by atoms with Crippen LogP contribution in [0.3, 0.4) is 0 Å². The van der Waals surface area contributed by atoms with Crippen molar-refractivity contribution >= 4 is 11.6 Å². The third-order valence-corrected chi connectivity index (χ3v) is 3.17.